The SMILES string of the molecule is CSc1ccc(C(=O)CCC(=O)NCc2ccc(F)cc2)cc1. The molecule has 0 unspecified atom stereocenters. The summed E-state index contributed by atoms with van der Waals surface area (Å²) >= 11 is 1.61. The monoisotopic (exact) mass is 331 g/mol. The smallest absolute Gasteiger partial charge is 0.220 e. The van der Waals surface area contributed by atoms with E-state index < -0.39 is 0 Å². The minimum Gasteiger partial charge on any atom is -0.352 e. The molecule has 3 nitrogen and oxygen atoms in total. The van der Waals surface area contributed by atoms with Crippen molar-refractivity contribution < 1.29 is 14.0 Å². The summed E-state index contributed by atoms with van der Waals surface area (Å²) in [7, 11) is 0. The maximum atomic E-state index is 12.8. The van der Waals surface area contributed by atoms with Crippen molar-refractivity contribution >= 4 is 23.5 Å². The summed E-state index contributed by atoms with van der Waals surface area (Å²) < 4.78 is 12.8. The number of carbonyl (C=O) groups excluding carboxylic acids is 2. The van der Waals surface area contributed by atoms with Gasteiger partial charge in [0.2, 0.25) is 5.91 Å². The molecule has 0 spiro atoms. The lowest BCUT2D eigenvalue weighted by molar-refractivity contribution is -0.121. The van der Waals surface area contributed by atoms with E-state index in [1.807, 2.05) is 18.4 Å². The minimum atomic E-state index is -0.307. The molecule has 1 N–H and O–H groups in total. The van der Waals surface area contributed by atoms with Gasteiger partial charge in [-0.05, 0) is 36.1 Å². The second kappa shape index (κ2) is 8.48. The summed E-state index contributed by atoms with van der Waals surface area (Å²) in [6.45, 7) is 0.329. The van der Waals surface area contributed by atoms with Crippen LogP contribution in [0.1, 0.15) is 28.8 Å². The molecule has 120 valence electrons. The second-order valence-electron chi connectivity index (χ2n) is 5.05. The van der Waals surface area contributed by atoms with Crippen LogP contribution < -0.4 is 5.32 Å². The van der Waals surface area contributed by atoms with Gasteiger partial charge < -0.3 is 5.32 Å². The number of amides is 1. The van der Waals surface area contributed by atoms with Crippen LogP contribution >= 0.6 is 11.8 Å². The van der Waals surface area contributed by atoms with Crippen molar-refractivity contribution in [1.82, 2.24) is 5.32 Å². The Morgan fingerprint density at radius 2 is 1.65 bits per heavy atom. The summed E-state index contributed by atoms with van der Waals surface area (Å²) in [6, 6.07) is 13.3. The number of thioether (sulfide) groups is 1. The first-order chi connectivity index (χ1) is 11.1. The number of hydrogen-bond acceptors (Lipinski definition) is 3. The number of hydrogen-bond donors (Lipinski definition) is 1. The van der Waals surface area contributed by atoms with Crippen LogP contribution in [0.25, 0.3) is 0 Å². The maximum absolute atomic E-state index is 12.8. The van der Waals surface area contributed by atoms with Crippen LogP contribution in [0, 0.1) is 5.82 Å². The van der Waals surface area contributed by atoms with Crippen LogP contribution in [0.2, 0.25) is 0 Å². The molecule has 0 aliphatic rings. The van der Waals surface area contributed by atoms with Crippen LogP contribution in [0.4, 0.5) is 4.39 Å². The third-order valence-electron chi connectivity index (χ3n) is 3.39. The molecule has 0 heterocycles. The number of rotatable bonds is 7. The van der Waals surface area contributed by atoms with E-state index in [0.29, 0.717) is 12.1 Å². The lowest BCUT2D eigenvalue weighted by atomic mass is 10.1. The third-order valence-corrected chi connectivity index (χ3v) is 4.14. The van der Waals surface area contributed by atoms with E-state index in [1.165, 1.54) is 12.1 Å². The summed E-state index contributed by atoms with van der Waals surface area (Å²) in [6.07, 6.45) is 2.29. The Kier molecular flexibility index (Phi) is 6.35. The van der Waals surface area contributed by atoms with E-state index in [0.717, 1.165) is 10.5 Å². The van der Waals surface area contributed by atoms with Gasteiger partial charge in [-0.1, -0.05) is 24.3 Å². The fourth-order valence-corrected chi connectivity index (χ4v) is 2.45. The number of Topliss-reactive ketones (excluding diaryl/α,β-unsaturated/α-hetero) is 1. The number of nitrogens with one attached hydrogen (secondary N) is 1. The highest BCUT2D eigenvalue weighted by Gasteiger charge is 2.09. The number of carbonyl (C=O) groups is 2. The molecule has 0 bridgehead atoms. The van der Waals surface area contributed by atoms with E-state index in [1.54, 1.807) is 36.0 Å². The highest BCUT2D eigenvalue weighted by Crippen LogP contribution is 2.16. The van der Waals surface area contributed by atoms with Gasteiger partial charge in [-0.3, -0.25) is 9.59 Å². The molecule has 0 fully saturated rings. The maximum Gasteiger partial charge on any atom is 0.220 e. The Hall–Kier alpha value is -2.14. The normalized spacial score (nSPS) is 10.3. The van der Waals surface area contributed by atoms with Gasteiger partial charge in [0.15, 0.2) is 5.78 Å². The summed E-state index contributed by atoms with van der Waals surface area (Å²) in [4.78, 5) is 24.9. The van der Waals surface area contributed by atoms with Crippen molar-refractivity contribution in [1.29, 1.82) is 0 Å². The largest absolute Gasteiger partial charge is 0.352 e. The molecule has 23 heavy (non-hydrogen) atoms. The highest BCUT2D eigenvalue weighted by atomic mass is 32.2. The first kappa shape index (κ1) is 17.2. The van der Waals surface area contributed by atoms with E-state index in [4.69, 9.17) is 0 Å². The van der Waals surface area contributed by atoms with Crippen LogP contribution in [-0.4, -0.2) is 17.9 Å². The molecule has 2 aromatic rings. The zero-order valence-corrected chi connectivity index (χ0v) is 13.7. The van der Waals surface area contributed by atoms with Crippen LogP contribution in [0.15, 0.2) is 53.4 Å². The summed E-state index contributed by atoms with van der Waals surface area (Å²) in [5.41, 5.74) is 1.44. The molecule has 0 aliphatic carbocycles. The molecule has 0 aromatic heterocycles. The fraction of sp³-hybridized carbons (Fsp3) is 0.222. The Morgan fingerprint density at radius 3 is 2.26 bits per heavy atom. The molecule has 0 atom stereocenters. The zero-order valence-electron chi connectivity index (χ0n) is 12.8. The van der Waals surface area contributed by atoms with Crippen molar-refractivity contribution in [2.45, 2.75) is 24.3 Å². The predicted molar refractivity (Wildman–Crippen MR) is 90.0 cm³/mol. The summed E-state index contributed by atoms with van der Waals surface area (Å²) in [5, 5.41) is 2.73. The fourth-order valence-electron chi connectivity index (χ4n) is 2.04. The molecule has 0 saturated heterocycles. The number of ketones is 1. The second-order valence-corrected chi connectivity index (χ2v) is 5.93. The van der Waals surface area contributed by atoms with Gasteiger partial charge in [0.25, 0.3) is 0 Å². The van der Waals surface area contributed by atoms with Gasteiger partial charge in [-0.2, -0.15) is 0 Å². The Labute approximate surface area is 139 Å². The first-order valence-electron chi connectivity index (χ1n) is 7.27. The Bertz CT molecular complexity index is 668. The van der Waals surface area contributed by atoms with Gasteiger partial charge in [0.1, 0.15) is 5.82 Å². The molecule has 1 amide bonds. The average molecular weight is 331 g/mol. The number of halogens is 1. The van der Waals surface area contributed by atoms with E-state index in [9.17, 15) is 14.0 Å². The van der Waals surface area contributed by atoms with Crippen LogP contribution in [-0.2, 0) is 11.3 Å². The zero-order chi connectivity index (χ0) is 16.7. The topological polar surface area (TPSA) is 46.2 Å². The van der Waals surface area contributed by atoms with Gasteiger partial charge >= 0.3 is 0 Å². The van der Waals surface area contributed by atoms with Gasteiger partial charge in [0, 0.05) is 29.8 Å². The molecule has 0 radical (unpaired) electrons. The molecular weight excluding hydrogens is 313 g/mol. The Balaban J connectivity index is 1.76. The lowest BCUT2D eigenvalue weighted by Crippen LogP contribution is -2.23. The van der Waals surface area contributed by atoms with E-state index in [2.05, 4.69) is 5.32 Å². The van der Waals surface area contributed by atoms with Crippen molar-refractivity contribution in [3.05, 3.63) is 65.5 Å². The van der Waals surface area contributed by atoms with Gasteiger partial charge in [0.05, 0.1) is 0 Å². The van der Waals surface area contributed by atoms with Crippen LogP contribution in [0.3, 0.4) is 0 Å². The summed E-state index contributed by atoms with van der Waals surface area (Å²) in [5.74, 6) is -0.545. The van der Waals surface area contributed by atoms with Crippen molar-refractivity contribution in [3.8, 4) is 0 Å². The molecular formula is C18H18FNO2S. The quantitative estimate of drug-likeness (QED) is 0.619. The van der Waals surface area contributed by atoms with Crippen molar-refractivity contribution in [2.75, 3.05) is 6.26 Å². The third kappa shape index (κ3) is 5.53. The Morgan fingerprint density at radius 1 is 1.00 bits per heavy atom. The first-order valence-corrected chi connectivity index (χ1v) is 8.49. The average Bonchev–Trinajstić information content (AvgIpc) is 2.59. The van der Waals surface area contributed by atoms with Gasteiger partial charge in [-0.25, -0.2) is 4.39 Å². The van der Waals surface area contributed by atoms with E-state index in [-0.39, 0.29) is 30.3 Å². The molecule has 0 saturated carbocycles. The lowest BCUT2D eigenvalue weighted by Gasteiger charge is -2.06. The van der Waals surface area contributed by atoms with Gasteiger partial charge in [-0.15, -0.1) is 11.8 Å². The number of benzene rings is 2. The van der Waals surface area contributed by atoms with Crippen molar-refractivity contribution in [3.63, 3.8) is 0 Å². The molecule has 5 heteroatoms. The standard InChI is InChI=1S/C18H18FNO2S/c1-23-16-8-4-14(5-9-16)17(21)10-11-18(22)20-12-13-2-6-15(19)7-3-13/h2-9H,10-12H2,1H3,(H,20,22). The van der Waals surface area contributed by atoms with Crippen molar-refractivity contribution in [2.24, 2.45) is 0 Å². The molecule has 0 aliphatic heterocycles. The van der Waals surface area contributed by atoms with Crippen LogP contribution in [0.5, 0.6) is 0 Å². The molecule has 2 rings (SSSR count). The molecule has 2 aromatic carbocycles. The highest BCUT2D eigenvalue weighted by molar-refractivity contribution is 7.98. The predicted octanol–water partition coefficient (Wildman–Crippen LogP) is 3.83. The minimum absolute atomic E-state index is 0.0467. The van der Waals surface area contributed by atoms with E-state index >= 15 is 0 Å².